The quantitative estimate of drug-likeness (QED) is 0.0544. The first-order valence-electron chi connectivity index (χ1n) is 21.9. The van der Waals surface area contributed by atoms with Crippen LogP contribution in [0.25, 0.3) is 10.4 Å². The van der Waals surface area contributed by atoms with Crippen LogP contribution in [0.15, 0.2) is 84.5 Å². The second-order valence-electron chi connectivity index (χ2n) is 17.6. The van der Waals surface area contributed by atoms with E-state index >= 15 is 0 Å². The molecule has 1 aliphatic heterocycles. The Kier molecular flexibility index (Phi) is 16.9. The number of aliphatic hydroxyl groups excluding tert-OH is 1. The average Bonchev–Trinajstić information content (AvgIpc) is 3.92. The van der Waals surface area contributed by atoms with Crippen LogP contribution in [-0.4, -0.2) is 109 Å². The summed E-state index contributed by atoms with van der Waals surface area (Å²) >= 11 is 1.55. The lowest BCUT2D eigenvalue weighted by molar-refractivity contribution is -0.144. The van der Waals surface area contributed by atoms with E-state index in [0.717, 1.165) is 32.3 Å². The van der Waals surface area contributed by atoms with Gasteiger partial charge in [-0.15, -0.1) is 11.3 Å². The van der Waals surface area contributed by atoms with Gasteiger partial charge in [0.05, 0.1) is 47.3 Å². The molecule has 2 aromatic heterocycles. The number of carbonyl (C=O) groups excluding carboxylic acids is 3. The standard InChI is InChI=1S/C47H56F3N9O8S2/c1-29-40(68-28-54-29)32-13-11-30(12-14-32)23-52-43(62)38-22-35(60)26-59(38)44(63)41(46(2,3)4)56-39(61)27-66-19-8-20-67-36-17-15-33(16-18-36)55-45-53-25-37(47(48,49)50)42(57-45)51-24-31-9-7-10-34(21-31)58(5)69(6,64)65/h7,9-18,21,25,28,35,38,41,60H,8,19-20,22-24,26-27H2,1-6H3,(H,52,62)(H,56,61)(H2,51,53,55,57)/t35-,38+,41?/m1/s1. The minimum absolute atomic E-state index is 0.0567. The summed E-state index contributed by atoms with van der Waals surface area (Å²) in [5.74, 6) is -1.52. The van der Waals surface area contributed by atoms with Crippen molar-refractivity contribution in [2.45, 2.75) is 78.0 Å². The lowest BCUT2D eigenvalue weighted by Gasteiger charge is -2.35. The van der Waals surface area contributed by atoms with Crippen LogP contribution in [0.5, 0.6) is 5.75 Å². The number of nitrogens with one attached hydrogen (secondary N) is 4. The van der Waals surface area contributed by atoms with E-state index < -0.39 is 68.9 Å². The number of anilines is 4. The SMILES string of the molecule is Cc1ncsc1-c1ccc(CNC(=O)[C@@H]2C[C@@H](O)CN2C(=O)C(NC(=O)COCCCOc2ccc(Nc3ncc(C(F)(F)F)c(NCc4cccc(N(C)S(C)(=O)=O)c4)n3)cc2)C(C)(C)C)cc1. The zero-order valence-electron chi connectivity index (χ0n) is 39.0. The summed E-state index contributed by atoms with van der Waals surface area (Å²) in [6.07, 6.45) is -3.49. The van der Waals surface area contributed by atoms with Gasteiger partial charge in [0.25, 0.3) is 0 Å². The number of benzene rings is 3. The number of hydrogen-bond donors (Lipinski definition) is 5. The van der Waals surface area contributed by atoms with Crippen molar-refractivity contribution in [1.29, 1.82) is 0 Å². The van der Waals surface area contributed by atoms with Crippen molar-refractivity contribution >= 4 is 62.2 Å². The van der Waals surface area contributed by atoms with E-state index in [1.54, 1.807) is 86.1 Å². The average molecular weight is 996 g/mol. The molecular formula is C47H56F3N9O8S2. The molecule has 1 aliphatic rings. The Balaban J connectivity index is 0.939. The molecule has 3 atom stereocenters. The molecule has 0 spiro atoms. The molecule has 1 saturated heterocycles. The highest BCUT2D eigenvalue weighted by Gasteiger charge is 2.44. The molecule has 3 amide bonds. The summed E-state index contributed by atoms with van der Waals surface area (Å²) in [5, 5.41) is 21.8. The van der Waals surface area contributed by atoms with E-state index in [1.807, 2.05) is 31.2 Å². The van der Waals surface area contributed by atoms with Crippen LogP contribution in [0.2, 0.25) is 0 Å². The van der Waals surface area contributed by atoms with Gasteiger partial charge in [0.2, 0.25) is 33.7 Å². The lowest BCUT2D eigenvalue weighted by atomic mass is 9.85. The highest BCUT2D eigenvalue weighted by Crippen LogP contribution is 2.35. The largest absolute Gasteiger partial charge is 0.494 e. The number of likely N-dealkylation sites (tertiary alicyclic amines) is 1. The summed E-state index contributed by atoms with van der Waals surface area (Å²) < 4.78 is 78.1. The fourth-order valence-corrected chi connectivity index (χ4v) is 8.59. The molecule has 0 saturated carbocycles. The zero-order chi connectivity index (χ0) is 50.1. The molecule has 370 valence electrons. The zero-order valence-corrected chi connectivity index (χ0v) is 40.6. The Labute approximate surface area is 402 Å². The monoisotopic (exact) mass is 995 g/mol. The first kappa shape index (κ1) is 52.0. The molecule has 1 fully saturated rings. The highest BCUT2D eigenvalue weighted by molar-refractivity contribution is 7.92. The highest BCUT2D eigenvalue weighted by atomic mass is 32.2. The number of nitrogens with zero attached hydrogens (tertiary/aromatic N) is 5. The summed E-state index contributed by atoms with van der Waals surface area (Å²) in [5.41, 5.74) is 4.12. The molecule has 6 rings (SSSR count). The first-order valence-corrected chi connectivity index (χ1v) is 24.6. The van der Waals surface area contributed by atoms with Gasteiger partial charge in [0.1, 0.15) is 35.8 Å². The maximum atomic E-state index is 14.0. The van der Waals surface area contributed by atoms with Crippen LogP contribution in [0.4, 0.5) is 36.3 Å². The molecule has 17 nitrogen and oxygen atoms in total. The van der Waals surface area contributed by atoms with Crippen LogP contribution >= 0.6 is 11.3 Å². The maximum Gasteiger partial charge on any atom is 0.421 e. The molecule has 1 unspecified atom stereocenters. The van der Waals surface area contributed by atoms with Crippen molar-refractivity contribution < 1.29 is 50.6 Å². The van der Waals surface area contributed by atoms with Gasteiger partial charge in [0, 0.05) is 51.4 Å². The van der Waals surface area contributed by atoms with Crippen molar-refractivity contribution in [1.82, 2.24) is 30.5 Å². The minimum atomic E-state index is -4.75. The number of β-amino-alcohol motifs (C(OH)–C–C–N with tert-alkyl or cyclic N) is 1. The van der Waals surface area contributed by atoms with E-state index in [2.05, 4.69) is 36.2 Å². The number of amides is 3. The normalized spacial score (nSPS) is 15.6. The number of aromatic nitrogens is 3. The van der Waals surface area contributed by atoms with E-state index in [0.29, 0.717) is 35.3 Å². The lowest BCUT2D eigenvalue weighted by Crippen LogP contribution is -2.58. The summed E-state index contributed by atoms with van der Waals surface area (Å²) in [7, 11) is -2.18. The van der Waals surface area contributed by atoms with Crippen LogP contribution < -0.4 is 30.3 Å². The fourth-order valence-electron chi connectivity index (χ4n) is 7.29. The van der Waals surface area contributed by atoms with E-state index in [1.165, 1.54) is 11.9 Å². The van der Waals surface area contributed by atoms with Gasteiger partial charge in [-0.3, -0.25) is 18.7 Å². The van der Waals surface area contributed by atoms with Gasteiger partial charge < -0.3 is 40.7 Å². The molecule has 0 radical (unpaired) electrons. The van der Waals surface area contributed by atoms with Crippen molar-refractivity contribution in [3.05, 3.63) is 107 Å². The van der Waals surface area contributed by atoms with Crippen LogP contribution in [0.3, 0.4) is 0 Å². The van der Waals surface area contributed by atoms with Crippen LogP contribution in [-0.2, 0) is 48.4 Å². The topological polar surface area (TPSA) is 217 Å². The third-order valence-electron chi connectivity index (χ3n) is 11.1. The second kappa shape index (κ2) is 22.4. The van der Waals surface area contributed by atoms with E-state index in [9.17, 15) is 41.1 Å². The number of halogens is 3. The van der Waals surface area contributed by atoms with Crippen molar-refractivity contribution in [3.63, 3.8) is 0 Å². The number of aliphatic hydroxyl groups is 1. The molecule has 3 aromatic carbocycles. The van der Waals surface area contributed by atoms with Crippen molar-refractivity contribution in [2.75, 3.05) is 54.6 Å². The minimum Gasteiger partial charge on any atom is -0.494 e. The van der Waals surface area contributed by atoms with Gasteiger partial charge >= 0.3 is 6.18 Å². The number of rotatable bonds is 20. The first-order chi connectivity index (χ1) is 32.6. The smallest absolute Gasteiger partial charge is 0.421 e. The second-order valence-corrected chi connectivity index (χ2v) is 20.4. The van der Waals surface area contributed by atoms with Crippen molar-refractivity contribution in [3.8, 4) is 16.2 Å². The van der Waals surface area contributed by atoms with Gasteiger partial charge in [0.15, 0.2) is 0 Å². The van der Waals surface area contributed by atoms with Gasteiger partial charge in [-0.2, -0.15) is 18.2 Å². The number of carbonyl (C=O) groups is 3. The maximum absolute atomic E-state index is 14.0. The van der Waals surface area contributed by atoms with E-state index in [4.69, 9.17) is 9.47 Å². The Morgan fingerprint density at radius 2 is 1.71 bits per heavy atom. The number of thiazole rings is 1. The molecule has 69 heavy (non-hydrogen) atoms. The molecule has 3 heterocycles. The molecular weight excluding hydrogens is 940 g/mol. The Morgan fingerprint density at radius 1 is 0.986 bits per heavy atom. The summed E-state index contributed by atoms with van der Waals surface area (Å²) in [4.78, 5) is 55.1. The predicted molar refractivity (Wildman–Crippen MR) is 256 cm³/mol. The summed E-state index contributed by atoms with van der Waals surface area (Å²) in [6.45, 7) is 7.44. The number of aryl methyl sites for hydroxylation is 1. The van der Waals surface area contributed by atoms with Gasteiger partial charge in [-0.1, -0.05) is 57.2 Å². The van der Waals surface area contributed by atoms with E-state index in [-0.39, 0.29) is 51.8 Å². The van der Waals surface area contributed by atoms with Gasteiger partial charge in [-0.25, -0.2) is 18.4 Å². The number of ether oxygens (including phenoxy) is 2. The number of sulfonamides is 1. The molecule has 0 aliphatic carbocycles. The Morgan fingerprint density at radius 3 is 2.36 bits per heavy atom. The Bertz CT molecular complexity index is 2680. The van der Waals surface area contributed by atoms with Crippen LogP contribution in [0.1, 0.15) is 56.0 Å². The fraction of sp³-hybridized carbons (Fsp3) is 0.404. The molecule has 5 aromatic rings. The molecule has 22 heteroatoms. The Hall–Kier alpha value is -6.36. The molecule has 5 N–H and O–H groups in total. The summed E-state index contributed by atoms with van der Waals surface area (Å²) in [6, 6.07) is 18.7. The third-order valence-corrected chi connectivity index (χ3v) is 13.3. The third kappa shape index (κ3) is 14.3. The number of alkyl halides is 3. The van der Waals surface area contributed by atoms with Crippen molar-refractivity contribution in [2.24, 2.45) is 5.41 Å². The number of hydrogen-bond acceptors (Lipinski definition) is 14. The van der Waals surface area contributed by atoms with Gasteiger partial charge in [-0.05, 0) is 65.4 Å². The predicted octanol–water partition coefficient (Wildman–Crippen LogP) is 6.27. The molecule has 0 bridgehead atoms. The van der Waals surface area contributed by atoms with Crippen LogP contribution in [0, 0.1) is 12.3 Å².